The lowest BCUT2D eigenvalue weighted by atomic mass is 10.0. The normalized spacial score (nSPS) is 12.1. The number of carboxylic acids is 1. The number of carbonyl (C=O) groups is 1. The quantitative estimate of drug-likeness (QED) is 0.558. The molecular formula is C23H28N4O2. The van der Waals surface area contributed by atoms with Gasteiger partial charge < -0.3 is 5.11 Å². The Morgan fingerprint density at radius 3 is 2.62 bits per heavy atom. The van der Waals surface area contributed by atoms with Crippen molar-refractivity contribution in [2.75, 3.05) is 0 Å². The minimum absolute atomic E-state index is 0.277. The monoisotopic (exact) mass is 392 g/mol. The molecule has 0 aliphatic heterocycles. The Bertz CT molecular complexity index is 963. The standard InChI is InChI=1S/C23H28N4O2/c1-4-6-13-27-21(25-22(26-27)16(3)5-2)14-18-12-11-17(15-24-18)19-9-7-8-10-20(19)23(28)29/h7-12,15-16H,4-6,13-14H2,1-3H3,(H,28,29). The number of aromatic carboxylic acids is 1. The fourth-order valence-corrected chi connectivity index (χ4v) is 3.17. The topological polar surface area (TPSA) is 80.9 Å². The molecule has 152 valence electrons. The van der Waals surface area contributed by atoms with Gasteiger partial charge in [0.05, 0.1) is 5.56 Å². The Morgan fingerprint density at radius 1 is 1.17 bits per heavy atom. The molecule has 1 unspecified atom stereocenters. The fraction of sp³-hybridized carbons (Fsp3) is 0.391. The number of benzene rings is 1. The molecule has 0 spiro atoms. The number of pyridine rings is 1. The number of hydrogen-bond acceptors (Lipinski definition) is 4. The first kappa shape index (κ1) is 20.7. The van der Waals surface area contributed by atoms with Gasteiger partial charge in [0.25, 0.3) is 0 Å². The molecule has 0 aliphatic rings. The minimum Gasteiger partial charge on any atom is -0.478 e. The lowest BCUT2D eigenvalue weighted by Crippen LogP contribution is -2.07. The van der Waals surface area contributed by atoms with Crippen LogP contribution in [0.2, 0.25) is 0 Å². The highest BCUT2D eigenvalue weighted by atomic mass is 16.4. The number of aromatic nitrogens is 4. The van der Waals surface area contributed by atoms with Gasteiger partial charge in [-0.2, -0.15) is 5.10 Å². The second-order valence-electron chi connectivity index (χ2n) is 7.34. The van der Waals surface area contributed by atoms with E-state index in [2.05, 4.69) is 25.8 Å². The lowest BCUT2D eigenvalue weighted by Gasteiger charge is -2.08. The molecule has 2 aromatic heterocycles. The smallest absolute Gasteiger partial charge is 0.336 e. The Morgan fingerprint density at radius 2 is 1.97 bits per heavy atom. The molecule has 6 nitrogen and oxygen atoms in total. The van der Waals surface area contributed by atoms with Crippen LogP contribution >= 0.6 is 0 Å². The number of hydrogen-bond donors (Lipinski definition) is 1. The molecule has 3 aromatic rings. The zero-order chi connectivity index (χ0) is 20.8. The molecule has 0 radical (unpaired) electrons. The Balaban J connectivity index is 1.84. The zero-order valence-corrected chi connectivity index (χ0v) is 17.3. The summed E-state index contributed by atoms with van der Waals surface area (Å²) in [5.41, 5.74) is 2.63. The summed E-state index contributed by atoms with van der Waals surface area (Å²) < 4.78 is 2.01. The van der Waals surface area contributed by atoms with Crippen molar-refractivity contribution in [1.29, 1.82) is 0 Å². The average molecular weight is 393 g/mol. The molecule has 1 N–H and O–H groups in total. The molecule has 0 bridgehead atoms. The van der Waals surface area contributed by atoms with Crippen LogP contribution in [0.4, 0.5) is 0 Å². The Labute approximate surface area is 171 Å². The first-order valence-corrected chi connectivity index (χ1v) is 10.2. The van der Waals surface area contributed by atoms with Crippen LogP contribution in [-0.4, -0.2) is 30.8 Å². The van der Waals surface area contributed by atoms with Crippen molar-refractivity contribution in [3.05, 3.63) is 65.5 Å². The Hall–Kier alpha value is -3.02. The van der Waals surface area contributed by atoms with Crippen molar-refractivity contribution in [1.82, 2.24) is 19.7 Å². The van der Waals surface area contributed by atoms with Crippen molar-refractivity contribution in [2.24, 2.45) is 0 Å². The van der Waals surface area contributed by atoms with Crippen molar-refractivity contribution < 1.29 is 9.90 Å². The maximum atomic E-state index is 11.5. The number of rotatable bonds is 9. The van der Waals surface area contributed by atoms with Gasteiger partial charge in [-0.3, -0.25) is 4.98 Å². The molecule has 1 aromatic carbocycles. The zero-order valence-electron chi connectivity index (χ0n) is 17.3. The van der Waals surface area contributed by atoms with E-state index < -0.39 is 5.97 Å². The third-order valence-electron chi connectivity index (χ3n) is 5.17. The van der Waals surface area contributed by atoms with Gasteiger partial charge in [0.15, 0.2) is 5.82 Å². The molecule has 0 fully saturated rings. The van der Waals surface area contributed by atoms with Crippen LogP contribution in [0, 0.1) is 0 Å². The van der Waals surface area contributed by atoms with Crippen LogP contribution < -0.4 is 0 Å². The first-order valence-electron chi connectivity index (χ1n) is 10.2. The maximum absolute atomic E-state index is 11.5. The number of unbranched alkanes of at least 4 members (excludes halogenated alkanes) is 1. The van der Waals surface area contributed by atoms with Crippen molar-refractivity contribution >= 4 is 5.97 Å². The summed E-state index contributed by atoms with van der Waals surface area (Å²) in [6.07, 6.45) is 5.52. The Kier molecular flexibility index (Phi) is 6.75. The lowest BCUT2D eigenvalue weighted by molar-refractivity contribution is 0.0697. The van der Waals surface area contributed by atoms with E-state index in [1.165, 1.54) is 0 Å². The van der Waals surface area contributed by atoms with E-state index in [0.717, 1.165) is 48.7 Å². The first-order chi connectivity index (χ1) is 14.0. The number of nitrogens with zero attached hydrogens (tertiary/aromatic N) is 4. The van der Waals surface area contributed by atoms with Crippen LogP contribution in [0.1, 0.15) is 73.7 Å². The number of carboxylic acid groups (broad SMARTS) is 1. The molecular weight excluding hydrogens is 364 g/mol. The highest BCUT2D eigenvalue weighted by Crippen LogP contribution is 2.24. The maximum Gasteiger partial charge on any atom is 0.336 e. The van der Waals surface area contributed by atoms with Gasteiger partial charge in [-0.1, -0.05) is 51.5 Å². The van der Waals surface area contributed by atoms with Crippen LogP contribution in [0.5, 0.6) is 0 Å². The fourth-order valence-electron chi connectivity index (χ4n) is 3.17. The van der Waals surface area contributed by atoms with E-state index in [1.54, 1.807) is 24.4 Å². The molecule has 0 amide bonds. The highest BCUT2D eigenvalue weighted by molar-refractivity contribution is 5.95. The van der Waals surface area contributed by atoms with Crippen LogP contribution in [-0.2, 0) is 13.0 Å². The van der Waals surface area contributed by atoms with E-state index in [4.69, 9.17) is 10.1 Å². The molecule has 3 rings (SSSR count). The SMILES string of the molecule is CCCCn1nc(C(C)CC)nc1Cc1ccc(-c2ccccc2C(=O)O)cn1. The largest absolute Gasteiger partial charge is 0.478 e. The highest BCUT2D eigenvalue weighted by Gasteiger charge is 2.16. The van der Waals surface area contributed by atoms with Crippen LogP contribution in [0.3, 0.4) is 0 Å². The van der Waals surface area contributed by atoms with Gasteiger partial charge in [-0.25, -0.2) is 14.5 Å². The minimum atomic E-state index is -0.939. The van der Waals surface area contributed by atoms with Gasteiger partial charge in [0, 0.05) is 36.3 Å². The van der Waals surface area contributed by atoms with E-state index in [-0.39, 0.29) is 5.56 Å². The van der Waals surface area contributed by atoms with Crippen LogP contribution in [0.25, 0.3) is 11.1 Å². The molecule has 6 heteroatoms. The van der Waals surface area contributed by atoms with Gasteiger partial charge in [-0.05, 0) is 30.5 Å². The summed E-state index contributed by atoms with van der Waals surface area (Å²) in [6, 6.07) is 10.8. The molecule has 0 saturated heterocycles. The van der Waals surface area contributed by atoms with E-state index in [1.807, 2.05) is 22.9 Å². The van der Waals surface area contributed by atoms with Crippen molar-refractivity contribution in [2.45, 2.75) is 58.9 Å². The second kappa shape index (κ2) is 9.45. The molecule has 0 aliphatic carbocycles. The number of aryl methyl sites for hydroxylation is 1. The summed E-state index contributed by atoms with van der Waals surface area (Å²) in [4.78, 5) is 20.8. The van der Waals surface area contributed by atoms with Crippen LogP contribution in [0.15, 0.2) is 42.6 Å². The average Bonchev–Trinajstić information content (AvgIpc) is 3.14. The third kappa shape index (κ3) is 4.88. The summed E-state index contributed by atoms with van der Waals surface area (Å²) in [6.45, 7) is 7.32. The van der Waals surface area contributed by atoms with E-state index in [0.29, 0.717) is 17.9 Å². The molecule has 29 heavy (non-hydrogen) atoms. The second-order valence-corrected chi connectivity index (χ2v) is 7.34. The van der Waals surface area contributed by atoms with Gasteiger partial charge >= 0.3 is 5.97 Å². The van der Waals surface area contributed by atoms with Gasteiger partial charge in [-0.15, -0.1) is 0 Å². The molecule has 0 saturated carbocycles. The predicted molar refractivity (Wildman–Crippen MR) is 113 cm³/mol. The summed E-state index contributed by atoms with van der Waals surface area (Å²) in [5.74, 6) is 1.22. The van der Waals surface area contributed by atoms with E-state index in [9.17, 15) is 9.90 Å². The summed E-state index contributed by atoms with van der Waals surface area (Å²) in [7, 11) is 0. The third-order valence-corrected chi connectivity index (χ3v) is 5.17. The molecule has 1 atom stereocenters. The van der Waals surface area contributed by atoms with Gasteiger partial charge in [0.1, 0.15) is 5.82 Å². The summed E-state index contributed by atoms with van der Waals surface area (Å²) in [5, 5.41) is 14.1. The van der Waals surface area contributed by atoms with Crippen molar-refractivity contribution in [3.8, 4) is 11.1 Å². The van der Waals surface area contributed by atoms with Gasteiger partial charge in [0.2, 0.25) is 0 Å². The van der Waals surface area contributed by atoms with Crippen molar-refractivity contribution in [3.63, 3.8) is 0 Å². The van der Waals surface area contributed by atoms with E-state index >= 15 is 0 Å². The molecule has 2 heterocycles. The summed E-state index contributed by atoms with van der Waals surface area (Å²) >= 11 is 0. The predicted octanol–water partition coefficient (Wildman–Crippen LogP) is 4.94.